The Labute approximate surface area is 486 Å². The molecular weight excluding hydrogens is 1080 g/mol. The van der Waals surface area contributed by atoms with Crippen LogP contribution in [0.1, 0.15) is 118 Å². The van der Waals surface area contributed by atoms with Crippen LogP contribution in [-0.2, 0) is 24.2 Å². The first-order chi connectivity index (χ1) is 38.8. The lowest BCUT2D eigenvalue weighted by atomic mass is 9.88. The van der Waals surface area contributed by atoms with E-state index >= 15 is 0 Å². The van der Waals surface area contributed by atoms with Crippen LogP contribution >= 0.6 is 0 Å². The molecule has 464 valence electrons. The Morgan fingerprint density at radius 1 is 0.512 bits per heavy atom. The monoisotopic (exact) mass is 1180 g/mol. The van der Waals surface area contributed by atoms with E-state index in [1.165, 1.54) is 56.4 Å². The zero-order valence-corrected chi connectivity index (χ0v) is 48.9. The zero-order valence-electron chi connectivity index (χ0n) is 48.0. The molecule has 0 aliphatic rings. The van der Waals surface area contributed by atoms with Crippen LogP contribution in [0.2, 0.25) is 0 Å². The minimum absolute atomic E-state index is 0.000834. The molecule has 0 aromatic rings. The van der Waals surface area contributed by atoms with E-state index in [4.69, 9.17) is 15.0 Å². The quantitative estimate of drug-likeness (QED) is 0.0113. The summed E-state index contributed by atoms with van der Waals surface area (Å²) in [5, 5.41) is 123. The lowest BCUT2D eigenvalue weighted by Crippen LogP contribution is -2.32. The maximum absolute atomic E-state index is 13.0. The first kappa shape index (κ1) is 77.2. The van der Waals surface area contributed by atoms with Gasteiger partial charge in [0.1, 0.15) is 5.78 Å². The van der Waals surface area contributed by atoms with E-state index in [2.05, 4.69) is 0 Å². The van der Waals surface area contributed by atoms with E-state index in [1.807, 2.05) is 31.2 Å². The molecule has 0 heterocycles. The minimum atomic E-state index is -4.95. The van der Waals surface area contributed by atoms with E-state index in [0.29, 0.717) is 19.4 Å². The summed E-state index contributed by atoms with van der Waals surface area (Å²) in [4.78, 5) is 23.8. The van der Waals surface area contributed by atoms with Gasteiger partial charge in [-0.25, -0.2) is 8.98 Å². The first-order valence-electron chi connectivity index (χ1n) is 28.0. The third-order valence-corrected chi connectivity index (χ3v) is 13.3. The fourth-order valence-corrected chi connectivity index (χ4v) is 8.45. The maximum atomic E-state index is 13.0. The van der Waals surface area contributed by atoms with E-state index in [-0.39, 0.29) is 69.3 Å². The van der Waals surface area contributed by atoms with Gasteiger partial charge in [0.25, 0.3) is 0 Å². The van der Waals surface area contributed by atoms with Crippen molar-refractivity contribution >= 4 is 22.2 Å². The maximum Gasteiger partial charge on any atom is 0.397 e. The molecular formula is C62H97NO18S. The topological polar surface area (TPSA) is 367 Å². The molecule has 0 radical (unpaired) electrons. The summed E-state index contributed by atoms with van der Waals surface area (Å²) in [7, 11) is -4.95. The average Bonchev–Trinajstić information content (AvgIpc) is 3.42. The van der Waals surface area contributed by atoms with E-state index < -0.39 is 114 Å². The Kier molecular flexibility index (Phi) is 43.8. The lowest BCUT2D eigenvalue weighted by molar-refractivity contribution is -0.132. The summed E-state index contributed by atoms with van der Waals surface area (Å²) in [5.41, 5.74) is 5.68. The molecule has 15 N–H and O–H groups in total. The van der Waals surface area contributed by atoms with E-state index in [1.54, 1.807) is 92.0 Å². The second-order valence-electron chi connectivity index (χ2n) is 20.5. The Bertz CT molecular complexity index is 2260. The van der Waals surface area contributed by atoms with Crippen molar-refractivity contribution in [3.63, 3.8) is 0 Å². The van der Waals surface area contributed by atoms with Gasteiger partial charge in [0.2, 0.25) is 0 Å². The van der Waals surface area contributed by atoms with Crippen molar-refractivity contribution in [1.29, 1.82) is 0 Å². The number of carbonyl (C=O) groups excluding carboxylic acids is 1. The van der Waals surface area contributed by atoms with Gasteiger partial charge in [-0.05, 0) is 77.7 Å². The standard InChI is InChI=1S/C62H97NO18S/c1-45(27-19-15-11-10-12-16-20-28-46(2)62(76)77)61(75)48(4)58(73)36-21-17-13-8-6-5-7-9-14-18-22-37-60(81-82(78,79)80)47(3)59(74)44-57(72)43-54(69)34-25-33-53(68)42-56(71)41-52(67)32-24-31-50(65)39-49(64)29-23-30-51(66)40-55(70)35-26-38-63/h5-10,12-14,16-25,27-29,32,34,36,45,47-58,60-61,64-73,75H,11,15,26,30-31,33,35,37-44,63H2,1-4H3,(H,76,77)(H,78,79,80)/b7-5+,8-6+,12-10+,14-9+,17-13+,20-16+,22-18+,27-19+,29-23+,32-24+,34-25+,36-21+,46-28+/t45-,47-,48+,49+,50+,51+,52+,53+,54-,55-,56-,57-,58-,60-,61+/m1/s1. The number of ketones is 1. The molecule has 0 bridgehead atoms. The normalized spacial score (nSPS) is 19.3. The number of unbranched alkanes of at least 4 members (excludes halogenated alkanes) is 1. The molecule has 0 saturated carbocycles. The molecule has 19 nitrogen and oxygen atoms in total. The highest BCUT2D eigenvalue weighted by Crippen LogP contribution is 2.21. The van der Waals surface area contributed by atoms with Gasteiger partial charge in [-0.2, -0.15) is 8.42 Å². The van der Waals surface area contributed by atoms with Gasteiger partial charge in [-0.3, -0.25) is 9.35 Å². The van der Waals surface area contributed by atoms with Crippen molar-refractivity contribution in [2.45, 2.75) is 191 Å². The highest BCUT2D eigenvalue weighted by Gasteiger charge is 2.30. The van der Waals surface area contributed by atoms with E-state index in [9.17, 15) is 78.7 Å². The van der Waals surface area contributed by atoms with Gasteiger partial charge >= 0.3 is 16.4 Å². The van der Waals surface area contributed by atoms with Crippen molar-refractivity contribution < 1.29 is 88.0 Å². The van der Waals surface area contributed by atoms with Crippen molar-refractivity contribution in [1.82, 2.24) is 0 Å². The third-order valence-electron chi connectivity index (χ3n) is 12.8. The molecule has 0 unspecified atom stereocenters. The second kappa shape index (κ2) is 46.5. The zero-order chi connectivity index (χ0) is 61.9. The van der Waals surface area contributed by atoms with Crippen molar-refractivity contribution in [3.05, 3.63) is 157 Å². The first-order valence-corrected chi connectivity index (χ1v) is 29.4. The fraction of sp³-hybridized carbons (Fsp3) is 0.548. The largest absolute Gasteiger partial charge is 0.478 e. The summed E-state index contributed by atoms with van der Waals surface area (Å²) >= 11 is 0. The molecule has 0 saturated heterocycles. The molecule has 0 rings (SSSR count). The van der Waals surface area contributed by atoms with Crippen LogP contribution in [0.4, 0.5) is 0 Å². The van der Waals surface area contributed by atoms with Gasteiger partial charge in [0, 0.05) is 49.0 Å². The SMILES string of the molecule is C\C(=C/C=C/C=C/CC/C=C/[C@@H](C)[C@H](O)[C@@H](C)[C@H](O)/C=C/C=C/C=C/C=C/C=C/C=C/C[C@@H](OS(=O)(=O)O)[C@H](C)C(=O)C[C@H](O)C[C@H](O)/C=C/C[C@H](O)C[C@H](O)C[C@@H](O)/C=C/C[C@H](O)C[C@@H](O)/C=C/C[C@H](O)C[C@H](O)CCCN)C(=O)O. The molecule has 0 aromatic heterocycles. The highest BCUT2D eigenvalue weighted by molar-refractivity contribution is 7.80. The predicted molar refractivity (Wildman–Crippen MR) is 320 cm³/mol. The lowest BCUT2D eigenvalue weighted by Gasteiger charge is -2.25. The van der Waals surface area contributed by atoms with Crippen LogP contribution in [-0.4, -0.2) is 166 Å². The summed E-state index contributed by atoms with van der Waals surface area (Å²) in [6.45, 7) is 7.02. The molecule has 0 aliphatic heterocycles. The number of Topliss-reactive ketones (excluding diaryl/α,β-unsaturated/α-hetero) is 1. The molecule has 0 aromatic carbocycles. The van der Waals surface area contributed by atoms with Gasteiger partial charge in [-0.15, -0.1) is 0 Å². The molecule has 82 heavy (non-hydrogen) atoms. The van der Waals surface area contributed by atoms with Crippen molar-refractivity contribution in [2.24, 2.45) is 23.5 Å². The average molecular weight is 1180 g/mol. The van der Waals surface area contributed by atoms with Crippen LogP contribution in [0.25, 0.3) is 0 Å². The Hall–Kier alpha value is -4.85. The van der Waals surface area contributed by atoms with Gasteiger partial charge in [0.05, 0.1) is 73.2 Å². The molecule has 20 heteroatoms. The minimum Gasteiger partial charge on any atom is -0.478 e. The van der Waals surface area contributed by atoms with Crippen molar-refractivity contribution in [2.75, 3.05) is 6.54 Å². The molecule has 0 spiro atoms. The summed E-state index contributed by atoms with van der Waals surface area (Å²) in [6, 6.07) is 0. The Morgan fingerprint density at radius 2 is 0.963 bits per heavy atom. The molecule has 0 amide bonds. The Morgan fingerprint density at radius 3 is 1.49 bits per heavy atom. The number of allylic oxidation sites excluding steroid dienone is 16. The van der Waals surface area contributed by atoms with Crippen LogP contribution < -0.4 is 5.73 Å². The molecule has 0 fully saturated rings. The number of carbonyl (C=O) groups is 2. The summed E-state index contributed by atoms with van der Waals surface area (Å²) < 4.78 is 37.4. The summed E-state index contributed by atoms with van der Waals surface area (Å²) in [6.07, 6.45) is 31.6. The van der Waals surface area contributed by atoms with Crippen LogP contribution in [0.3, 0.4) is 0 Å². The predicted octanol–water partition coefficient (Wildman–Crippen LogP) is 5.75. The summed E-state index contributed by atoms with van der Waals surface area (Å²) in [5.74, 6) is -3.24. The number of hydrogen-bond acceptors (Lipinski definition) is 17. The van der Waals surface area contributed by atoms with E-state index in [0.717, 1.165) is 12.8 Å². The highest BCUT2D eigenvalue weighted by atomic mass is 32.3. The fourth-order valence-electron chi connectivity index (χ4n) is 7.89. The van der Waals surface area contributed by atoms with Crippen molar-refractivity contribution in [3.8, 4) is 0 Å². The van der Waals surface area contributed by atoms with Gasteiger partial charge in [0.15, 0.2) is 0 Å². The molecule has 0 aliphatic carbocycles. The smallest absolute Gasteiger partial charge is 0.397 e. The van der Waals surface area contributed by atoms with Gasteiger partial charge in [-0.1, -0.05) is 173 Å². The number of carboxylic acid groups (broad SMARTS) is 1. The second-order valence-corrected chi connectivity index (χ2v) is 21.6. The number of rotatable bonds is 46. The number of aliphatic hydroxyl groups excluding tert-OH is 11. The number of hydrogen-bond donors (Lipinski definition) is 14. The number of carboxylic acids is 1. The molecule has 15 atom stereocenters. The van der Waals surface area contributed by atoms with Crippen LogP contribution in [0.15, 0.2) is 157 Å². The number of aliphatic hydroxyl groups is 11. The van der Waals surface area contributed by atoms with Crippen LogP contribution in [0, 0.1) is 17.8 Å². The van der Waals surface area contributed by atoms with Crippen LogP contribution in [0.5, 0.6) is 0 Å². The third kappa shape index (κ3) is 42.9. The Balaban J connectivity index is 4.81. The number of aliphatic carboxylic acids is 1. The van der Waals surface area contributed by atoms with Gasteiger partial charge < -0.3 is 67.0 Å². The number of nitrogens with two attached hydrogens (primary N) is 1.